The van der Waals surface area contributed by atoms with Gasteiger partial charge in [0.05, 0.1) is 22.3 Å². The molecule has 0 heterocycles. The van der Waals surface area contributed by atoms with Crippen LogP contribution in [0.2, 0.25) is 0 Å². The summed E-state index contributed by atoms with van der Waals surface area (Å²) in [5, 5.41) is 17.7. The molecule has 260 valence electrons. The van der Waals surface area contributed by atoms with Crippen molar-refractivity contribution >= 4 is 47.8 Å². The summed E-state index contributed by atoms with van der Waals surface area (Å²) in [6, 6.07) is 10.9. The second-order valence-electron chi connectivity index (χ2n) is 9.94. The molecule has 16 heteroatoms. The normalized spacial score (nSPS) is 12.6. The van der Waals surface area contributed by atoms with E-state index in [9.17, 15) is 43.5 Å². The third kappa shape index (κ3) is 13.9. The van der Waals surface area contributed by atoms with E-state index in [1.807, 2.05) is 0 Å². The van der Waals surface area contributed by atoms with Crippen LogP contribution in [0.15, 0.2) is 72.8 Å². The maximum atomic E-state index is 12.7. The molecule has 0 saturated carbocycles. The van der Waals surface area contributed by atoms with Crippen LogP contribution in [0.25, 0.3) is 0 Å². The van der Waals surface area contributed by atoms with Crippen LogP contribution < -0.4 is 0 Å². The van der Waals surface area contributed by atoms with E-state index in [-0.39, 0.29) is 22.3 Å². The molecule has 0 aliphatic carbocycles. The molecule has 16 nitrogen and oxygen atoms in total. The minimum Gasteiger partial charge on any atom is -0.478 e. The highest BCUT2D eigenvalue weighted by Gasteiger charge is 2.23. The second kappa shape index (κ2) is 19.4. The number of esters is 6. The van der Waals surface area contributed by atoms with Gasteiger partial charge < -0.3 is 38.6 Å². The fourth-order valence-electron chi connectivity index (χ4n) is 3.57. The number of ether oxygens (including phenoxy) is 6. The molecule has 0 radical (unpaired) electrons. The summed E-state index contributed by atoms with van der Waals surface area (Å²) in [5.74, 6) is -8.41. The molecular weight excluding hydrogens is 652 g/mol. The highest BCUT2D eigenvalue weighted by atomic mass is 16.6. The summed E-state index contributed by atoms with van der Waals surface area (Å²) in [5.41, 5.74) is -0.780. The molecule has 2 N–H and O–H groups in total. The van der Waals surface area contributed by atoms with E-state index in [0.29, 0.717) is 12.2 Å². The standard InChI is InChI=1S/C33H32O16/c1-19(47-28(37)13-12-26(34)35)18-46-32(42)24-10-6-7-11-25(24)33(43)49-21(3)16-44-27(36)14-15-29(38)48-20(2)17-45-31(41)23-9-5-4-8-22(23)30(39)40/h4-15,19-21H,16-18H2,1-3H3,(H,34,35)(H,39,40)/b13-12-,15-14-. The number of benzene rings is 2. The Labute approximate surface area is 278 Å². The fraction of sp³-hybridized carbons (Fsp3) is 0.273. The Hall–Kier alpha value is -6.32. The van der Waals surface area contributed by atoms with E-state index in [4.69, 9.17) is 33.5 Å². The van der Waals surface area contributed by atoms with E-state index in [1.54, 1.807) is 0 Å². The number of aliphatic carboxylic acids is 1. The van der Waals surface area contributed by atoms with Crippen molar-refractivity contribution in [3.8, 4) is 0 Å². The maximum absolute atomic E-state index is 12.7. The summed E-state index contributed by atoms with van der Waals surface area (Å²) in [6.45, 7) is 2.96. The van der Waals surface area contributed by atoms with E-state index in [2.05, 4.69) is 0 Å². The van der Waals surface area contributed by atoms with Crippen molar-refractivity contribution in [2.24, 2.45) is 0 Å². The molecule has 3 unspecified atom stereocenters. The van der Waals surface area contributed by atoms with Crippen molar-refractivity contribution in [1.29, 1.82) is 0 Å². The molecule has 0 aromatic heterocycles. The summed E-state index contributed by atoms with van der Waals surface area (Å²) >= 11 is 0. The Kier molecular flexibility index (Phi) is 15.4. The third-order valence-corrected chi connectivity index (χ3v) is 5.76. The lowest BCUT2D eigenvalue weighted by atomic mass is 10.1. The number of carbonyl (C=O) groups excluding carboxylic acids is 6. The molecular formula is C33H32O16. The predicted molar refractivity (Wildman–Crippen MR) is 163 cm³/mol. The van der Waals surface area contributed by atoms with Gasteiger partial charge in [0, 0.05) is 24.3 Å². The first kappa shape index (κ1) is 38.9. The molecule has 0 amide bonds. The van der Waals surface area contributed by atoms with Crippen LogP contribution in [-0.2, 0) is 47.6 Å². The van der Waals surface area contributed by atoms with Gasteiger partial charge in [-0.2, -0.15) is 0 Å². The smallest absolute Gasteiger partial charge is 0.339 e. The van der Waals surface area contributed by atoms with Gasteiger partial charge >= 0.3 is 47.8 Å². The van der Waals surface area contributed by atoms with E-state index in [1.165, 1.54) is 69.3 Å². The summed E-state index contributed by atoms with van der Waals surface area (Å²) in [7, 11) is 0. The van der Waals surface area contributed by atoms with Crippen LogP contribution >= 0.6 is 0 Å². The average Bonchev–Trinajstić information content (AvgIpc) is 3.06. The minimum atomic E-state index is -1.35. The Morgan fingerprint density at radius 2 is 0.878 bits per heavy atom. The summed E-state index contributed by atoms with van der Waals surface area (Å²) in [4.78, 5) is 95.0. The van der Waals surface area contributed by atoms with Gasteiger partial charge in [0.15, 0.2) is 0 Å². The molecule has 0 fully saturated rings. The fourth-order valence-corrected chi connectivity index (χ4v) is 3.57. The number of aromatic carboxylic acids is 1. The number of carboxylic acids is 2. The molecule has 2 aromatic carbocycles. The highest BCUT2D eigenvalue weighted by Crippen LogP contribution is 2.14. The first-order chi connectivity index (χ1) is 23.2. The molecule has 3 atom stereocenters. The molecule has 0 aliphatic rings. The van der Waals surface area contributed by atoms with Crippen LogP contribution in [-0.4, -0.2) is 96.1 Å². The minimum absolute atomic E-state index is 0.170. The Balaban J connectivity index is 1.80. The zero-order chi connectivity index (χ0) is 36.5. The molecule has 0 aliphatic heterocycles. The number of carboxylic acid groups (broad SMARTS) is 2. The zero-order valence-corrected chi connectivity index (χ0v) is 26.4. The quantitative estimate of drug-likeness (QED) is 0.138. The summed E-state index contributed by atoms with van der Waals surface area (Å²) in [6.07, 6.45) is -0.113. The zero-order valence-electron chi connectivity index (χ0n) is 26.4. The van der Waals surface area contributed by atoms with Crippen molar-refractivity contribution < 1.29 is 77.0 Å². The van der Waals surface area contributed by atoms with Crippen LogP contribution in [0.5, 0.6) is 0 Å². The van der Waals surface area contributed by atoms with Crippen molar-refractivity contribution in [3.05, 3.63) is 95.1 Å². The lowest BCUT2D eigenvalue weighted by Gasteiger charge is -2.15. The molecule has 2 rings (SSSR count). The molecule has 2 aromatic rings. The van der Waals surface area contributed by atoms with E-state index in [0.717, 1.165) is 12.2 Å². The van der Waals surface area contributed by atoms with Gasteiger partial charge in [-0.05, 0) is 45.0 Å². The summed E-state index contributed by atoms with van der Waals surface area (Å²) < 4.78 is 30.2. The Morgan fingerprint density at radius 1 is 0.510 bits per heavy atom. The van der Waals surface area contributed by atoms with Gasteiger partial charge in [-0.15, -0.1) is 0 Å². The lowest BCUT2D eigenvalue weighted by molar-refractivity contribution is -0.145. The Morgan fingerprint density at radius 3 is 1.35 bits per heavy atom. The van der Waals surface area contributed by atoms with Crippen LogP contribution in [0.3, 0.4) is 0 Å². The van der Waals surface area contributed by atoms with Crippen molar-refractivity contribution in [2.75, 3.05) is 19.8 Å². The average molecular weight is 685 g/mol. The van der Waals surface area contributed by atoms with Gasteiger partial charge in [0.25, 0.3) is 0 Å². The van der Waals surface area contributed by atoms with Crippen LogP contribution in [0, 0.1) is 0 Å². The predicted octanol–water partition coefficient (Wildman–Crippen LogP) is 2.55. The van der Waals surface area contributed by atoms with Gasteiger partial charge in [-0.1, -0.05) is 24.3 Å². The van der Waals surface area contributed by atoms with Crippen molar-refractivity contribution in [3.63, 3.8) is 0 Å². The third-order valence-electron chi connectivity index (χ3n) is 5.76. The molecule has 0 saturated heterocycles. The lowest BCUT2D eigenvalue weighted by Crippen LogP contribution is -2.25. The number of carbonyl (C=O) groups is 8. The van der Waals surface area contributed by atoms with E-state index < -0.39 is 85.9 Å². The topological polar surface area (TPSA) is 232 Å². The van der Waals surface area contributed by atoms with Gasteiger partial charge in [0.1, 0.15) is 38.1 Å². The van der Waals surface area contributed by atoms with E-state index >= 15 is 0 Å². The second-order valence-corrected chi connectivity index (χ2v) is 9.94. The number of hydrogen-bond acceptors (Lipinski definition) is 14. The van der Waals surface area contributed by atoms with Gasteiger partial charge in [-0.25, -0.2) is 38.4 Å². The first-order valence-corrected chi connectivity index (χ1v) is 14.3. The highest BCUT2D eigenvalue weighted by molar-refractivity contribution is 6.03. The SMILES string of the molecule is CC(COC(=O)c1ccccc1C(=O)O)OC(=O)/C=C\C(=O)OCC(C)OC(=O)c1ccccc1C(=O)OCC(C)OC(=O)/C=C\C(=O)O. The molecule has 49 heavy (non-hydrogen) atoms. The van der Waals surface area contributed by atoms with Gasteiger partial charge in [-0.3, -0.25) is 0 Å². The molecule has 0 spiro atoms. The van der Waals surface area contributed by atoms with Crippen molar-refractivity contribution in [2.45, 2.75) is 39.1 Å². The maximum Gasteiger partial charge on any atom is 0.339 e. The Bertz CT molecular complexity index is 1620. The monoisotopic (exact) mass is 684 g/mol. The van der Waals surface area contributed by atoms with Crippen molar-refractivity contribution in [1.82, 2.24) is 0 Å². The van der Waals surface area contributed by atoms with Crippen LogP contribution in [0.1, 0.15) is 62.2 Å². The first-order valence-electron chi connectivity index (χ1n) is 14.3. The largest absolute Gasteiger partial charge is 0.478 e. The number of hydrogen-bond donors (Lipinski definition) is 2. The van der Waals surface area contributed by atoms with Gasteiger partial charge in [0.2, 0.25) is 0 Å². The van der Waals surface area contributed by atoms with Crippen LogP contribution in [0.4, 0.5) is 0 Å². The molecule has 0 bridgehead atoms. The number of rotatable bonds is 17.